The number of ether oxygens (including phenoxy) is 1. The second kappa shape index (κ2) is 8.53. The summed E-state index contributed by atoms with van der Waals surface area (Å²) in [6.07, 6.45) is 6.11. The molecule has 0 spiro atoms. The van der Waals surface area contributed by atoms with Crippen molar-refractivity contribution in [3.63, 3.8) is 0 Å². The van der Waals surface area contributed by atoms with Gasteiger partial charge in [-0.15, -0.1) is 11.3 Å². The zero-order chi connectivity index (χ0) is 20.3. The van der Waals surface area contributed by atoms with Crippen LogP contribution >= 0.6 is 11.3 Å². The van der Waals surface area contributed by atoms with E-state index in [2.05, 4.69) is 16.4 Å². The highest BCUT2D eigenvalue weighted by atomic mass is 32.1. The molecule has 0 radical (unpaired) electrons. The molecule has 6 nitrogen and oxygen atoms in total. The molecule has 2 fully saturated rings. The number of benzene rings is 1. The van der Waals surface area contributed by atoms with Crippen LogP contribution < -0.4 is 15.0 Å². The highest BCUT2D eigenvalue weighted by Crippen LogP contribution is 2.44. The number of nitrogens with one attached hydrogen (secondary N) is 1. The molecule has 0 bridgehead atoms. The molecule has 1 aromatic heterocycles. The van der Waals surface area contributed by atoms with Gasteiger partial charge in [0.25, 0.3) is 0 Å². The summed E-state index contributed by atoms with van der Waals surface area (Å²) >= 11 is 1.43. The van der Waals surface area contributed by atoms with Gasteiger partial charge in [-0.2, -0.15) is 0 Å². The smallest absolute Gasteiger partial charge is 0.228 e. The molecule has 1 saturated heterocycles. The van der Waals surface area contributed by atoms with Gasteiger partial charge in [-0.3, -0.25) is 14.5 Å². The number of anilines is 1. The van der Waals surface area contributed by atoms with Gasteiger partial charge in [-0.1, -0.05) is 31.0 Å². The van der Waals surface area contributed by atoms with Gasteiger partial charge in [-0.25, -0.2) is 4.98 Å². The van der Waals surface area contributed by atoms with E-state index >= 15 is 0 Å². The van der Waals surface area contributed by atoms with Crippen LogP contribution in [-0.2, 0) is 21.4 Å². The van der Waals surface area contributed by atoms with Crippen LogP contribution in [-0.4, -0.2) is 37.0 Å². The number of hydrogen-bond donors (Lipinski definition) is 1. The fraction of sp³-hybridized carbons (Fsp3) is 0.500. The summed E-state index contributed by atoms with van der Waals surface area (Å²) in [6, 6.07) is 8.13. The molecule has 1 aliphatic carbocycles. The lowest BCUT2D eigenvalue weighted by Gasteiger charge is -2.31. The van der Waals surface area contributed by atoms with Crippen LogP contribution in [0.2, 0.25) is 0 Å². The van der Waals surface area contributed by atoms with Crippen molar-refractivity contribution in [2.24, 2.45) is 0 Å². The van der Waals surface area contributed by atoms with Gasteiger partial charge in [0.1, 0.15) is 5.75 Å². The Labute approximate surface area is 175 Å². The van der Waals surface area contributed by atoms with E-state index in [0.29, 0.717) is 18.1 Å². The summed E-state index contributed by atoms with van der Waals surface area (Å²) in [4.78, 5) is 30.7. The third-order valence-electron chi connectivity index (χ3n) is 6.05. The number of amides is 2. The molecule has 29 heavy (non-hydrogen) atoms. The maximum Gasteiger partial charge on any atom is 0.228 e. The molecule has 1 saturated carbocycles. The molecule has 1 N–H and O–H groups in total. The van der Waals surface area contributed by atoms with Crippen LogP contribution in [0.15, 0.2) is 29.6 Å². The molecule has 1 aromatic carbocycles. The predicted octanol–water partition coefficient (Wildman–Crippen LogP) is 3.45. The van der Waals surface area contributed by atoms with E-state index in [4.69, 9.17) is 4.74 Å². The number of nitrogens with zero attached hydrogens (tertiary/aromatic N) is 2. The van der Waals surface area contributed by atoms with Gasteiger partial charge in [0.2, 0.25) is 11.8 Å². The highest BCUT2D eigenvalue weighted by Gasteiger charge is 2.38. The molecule has 4 rings (SSSR count). The lowest BCUT2D eigenvalue weighted by Crippen LogP contribution is -2.39. The largest absolute Gasteiger partial charge is 0.496 e. The molecular weight excluding hydrogens is 386 g/mol. The molecule has 2 aliphatic rings. The van der Waals surface area contributed by atoms with Crippen molar-refractivity contribution in [2.45, 2.75) is 50.4 Å². The fourth-order valence-corrected chi connectivity index (χ4v) is 5.39. The molecule has 7 heteroatoms. The number of carbonyl (C=O) groups excluding carboxylic acids is 2. The third-order valence-corrected chi connectivity index (χ3v) is 6.96. The fourth-order valence-electron chi connectivity index (χ4n) is 4.52. The second-order valence-corrected chi connectivity index (χ2v) is 8.75. The lowest BCUT2D eigenvalue weighted by atomic mass is 9.78. The van der Waals surface area contributed by atoms with Gasteiger partial charge in [0.15, 0.2) is 5.13 Å². The van der Waals surface area contributed by atoms with E-state index in [1.54, 1.807) is 12.0 Å². The van der Waals surface area contributed by atoms with E-state index in [-0.39, 0.29) is 23.7 Å². The molecule has 2 heterocycles. The summed E-state index contributed by atoms with van der Waals surface area (Å²) < 4.78 is 5.59. The van der Waals surface area contributed by atoms with E-state index in [0.717, 1.165) is 50.1 Å². The van der Waals surface area contributed by atoms with Crippen LogP contribution in [0.4, 0.5) is 5.13 Å². The first-order valence-corrected chi connectivity index (χ1v) is 11.1. The summed E-state index contributed by atoms with van der Waals surface area (Å²) in [5.41, 5.74) is 1.83. The Morgan fingerprint density at radius 1 is 1.28 bits per heavy atom. The Morgan fingerprint density at radius 3 is 2.79 bits per heavy atom. The Hall–Kier alpha value is -2.41. The standard InChI is InChI=1S/C22H27N3O3S/c1-28-18-8-3-2-7-17(18)22(10-4-5-11-22)15-23-19(26)13-16-14-29-21(24-16)25-12-6-9-20(25)27/h2-3,7-8,14H,4-6,9-13,15H2,1H3,(H,23,26). The van der Waals surface area contributed by atoms with Crippen LogP contribution in [0.1, 0.15) is 49.8 Å². The van der Waals surface area contributed by atoms with E-state index in [9.17, 15) is 9.59 Å². The number of aromatic nitrogens is 1. The van der Waals surface area contributed by atoms with Crippen molar-refractivity contribution in [2.75, 3.05) is 25.1 Å². The molecule has 154 valence electrons. The quantitative estimate of drug-likeness (QED) is 0.755. The van der Waals surface area contributed by atoms with Crippen LogP contribution in [0, 0.1) is 0 Å². The topological polar surface area (TPSA) is 71.5 Å². The summed E-state index contributed by atoms with van der Waals surface area (Å²) in [5, 5.41) is 5.73. The second-order valence-electron chi connectivity index (χ2n) is 7.91. The Morgan fingerprint density at radius 2 is 2.07 bits per heavy atom. The van der Waals surface area contributed by atoms with Crippen LogP contribution in [0.5, 0.6) is 5.75 Å². The first-order valence-electron chi connectivity index (χ1n) is 10.3. The highest BCUT2D eigenvalue weighted by molar-refractivity contribution is 7.14. The average Bonchev–Trinajstić information content (AvgIpc) is 3.48. The van der Waals surface area contributed by atoms with E-state index in [1.807, 2.05) is 23.6 Å². The van der Waals surface area contributed by atoms with Gasteiger partial charge in [0, 0.05) is 35.9 Å². The van der Waals surface area contributed by atoms with Crippen molar-refractivity contribution in [1.29, 1.82) is 0 Å². The minimum Gasteiger partial charge on any atom is -0.496 e. The minimum atomic E-state index is -0.0720. The maximum absolute atomic E-state index is 12.6. The predicted molar refractivity (Wildman–Crippen MR) is 114 cm³/mol. The van der Waals surface area contributed by atoms with Crippen molar-refractivity contribution >= 4 is 28.3 Å². The summed E-state index contributed by atoms with van der Waals surface area (Å²) in [5.74, 6) is 0.981. The maximum atomic E-state index is 12.6. The Bertz CT molecular complexity index is 889. The van der Waals surface area contributed by atoms with Gasteiger partial charge in [-0.05, 0) is 25.3 Å². The van der Waals surface area contributed by atoms with E-state index < -0.39 is 0 Å². The average molecular weight is 414 g/mol. The number of hydrogen-bond acceptors (Lipinski definition) is 5. The normalized spacial score (nSPS) is 18.2. The first kappa shape index (κ1) is 19.9. The van der Waals surface area contributed by atoms with Crippen molar-refractivity contribution in [3.05, 3.63) is 40.9 Å². The number of rotatable bonds is 7. The zero-order valence-corrected chi connectivity index (χ0v) is 17.6. The van der Waals surface area contributed by atoms with Crippen LogP contribution in [0.25, 0.3) is 0 Å². The zero-order valence-electron chi connectivity index (χ0n) is 16.8. The number of carbonyl (C=O) groups is 2. The SMILES string of the molecule is COc1ccccc1C1(CNC(=O)Cc2csc(N3CCCC3=O)n2)CCCC1. The Kier molecular flexibility index (Phi) is 5.85. The monoisotopic (exact) mass is 413 g/mol. The first-order chi connectivity index (χ1) is 14.1. The Balaban J connectivity index is 1.40. The number of thiazole rings is 1. The number of methoxy groups -OCH3 is 1. The molecule has 1 aliphatic heterocycles. The molecule has 0 atom stereocenters. The van der Waals surface area contributed by atoms with Crippen LogP contribution in [0.3, 0.4) is 0 Å². The van der Waals surface area contributed by atoms with Gasteiger partial charge < -0.3 is 10.1 Å². The van der Waals surface area contributed by atoms with E-state index in [1.165, 1.54) is 16.9 Å². The lowest BCUT2D eigenvalue weighted by molar-refractivity contribution is -0.120. The molecular formula is C22H27N3O3S. The number of para-hydroxylation sites is 1. The summed E-state index contributed by atoms with van der Waals surface area (Å²) in [6.45, 7) is 1.33. The van der Waals surface area contributed by atoms with Gasteiger partial charge >= 0.3 is 0 Å². The van der Waals surface area contributed by atoms with Crippen molar-refractivity contribution in [1.82, 2.24) is 10.3 Å². The minimum absolute atomic E-state index is 0.0317. The summed E-state index contributed by atoms with van der Waals surface area (Å²) in [7, 11) is 1.70. The van der Waals surface area contributed by atoms with Crippen molar-refractivity contribution in [3.8, 4) is 5.75 Å². The molecule has 2 aromatic rings. The molecule has 2 amide bonds. The molecule has 0 unspecified atom stereocenters. The van der Waals surface area contributed by atoms with Gasteiger partial charge in [0.05, 0.1) is 19.2 Å². The van der Waals surface area contributed by atoms with Crippen molar-refractivity contribution < 1.29 is 14.3 Å². The third kappa shape index (κ3) is 4.15.